The van der Waals surface area contributed by atoms with Gasteiger partial charge in [0.05, 0.1) is 17.2 Å². The van der Waals surface area contributed by atoms with Crippen LogP contribution in [-0.4, -0.2) is 26.2 Å². The van der Waals surface area contributed by atoms with Crippen molar-refractivity contribution in [1.29, 1.82) is 5.26 Å². The minimum Gasteiger partial charge on any atom is -0.387 e. The number of hydrogen-bond donors (Lipinski definition) is 3. The van der Waals surface area contributed by atoms with Crippen molar-refractivity contribution in [2.75, 3.05) is 0 Å². The Morgan fingerprint density at radius 2 is 1.43 bits per heavy atom. The Hall–Kier alpha value is -4.58. The number of azo groups is 1. The van der Waals surface area contributed by atoms with Crippen molar-refractivity contribution in [3.63, 3.8) is 0 Å². The Bertz CT molecular complexity index is 1260. The van der Waals surface area contributed by atoms with Gasteiger partial charge in [0.1, 0.15) is 11.6 Å². The van der Waals surface area contributed by atoms with E-state index in [1.165, 1.54) is 0 Å². The smallest absolute Gasteiger partial charge is 0.213 e. The molecule has 2 aromatic carbocycles. The van der Waals surface area contributed by atoms with Crippen LogP contribution >= 0.6 is 0 Å². The summed E-state index contributed by atoms with van der Waals surface area (Å²) in [7, 11) is 0. The molecule has 0 unspecified atom stereocenters. The van der Waals surface area contributed by atoms with E-state index >= 15 is 0 Å². The molecule has 0 bridgehead atoms. The van der Waals surface area contributed by atoms with Crippen LogP contribution in [0.3, 0.4) is 0 Å². The summed E-state index contributed by atoms with van der Waals surface area (Å²) in [5.74, 6) is 0.812. The van der Waals surface area contributed by atoms with Gasteiger partial charge in [-0.05, 0) is 6.92 Å². The molecule has 0 amide bonds. The monoisotopic (exact) mass is 395 g/mol. The maximum Gasteiger partial charge on any atom is 0.213 e. The van der Waals surface area contributed by atoms with E-state index in [2.05, 4.69) is 41.7 Å². The molecular formula is C21H17N9. The number of nitrogens with zero attached hydrogens (tertiary/aromatic N) is 6. The van der Waals surface area contributed by atoms with Crippen molar-refractivity contribution in [2.45, 2.75) is 6.92 Å². The van der Waals surface area contributed by atoms with E-state index in [0.29, 0.717) is 34.3 Å². The second-order valence-electron chi connectivity index (χ2n) is 6.37. The molecule has 9 nitrogen and oxygen atoms in total. The summed E-state index contributed by atoms with van der Waals surface area (Å²) in [5, 5.41) is 32.3. The number of nitrogens with two attached hydrogens (primary N) is 1. The Morgan fingerprint density at radius 1 is 0.867 bits per heavy atom. The lowest BCUT2D eigenvalue weighted by Crippen LogP contribution is -2.03. The lowest BCUT2D eigenvalue weighted by Gasteiger charge is -1.99. The van der Waals surface area contributed by atoms with Gasteiger partial charge >= 0.3 is 0 Å². The first-order chi connectivity index (χ1) is 14.7. The molecule has 0 aliphatic carbocycles. The van der Waals surface area contributed by atoms with Crippen molar-refractivity contribution in [3.05, 3.63) is 66.2 Å². The molecule has 146 valence electrons. The minimum atomic E-state index is 0.177. The Morgan fingerprint density at radius 3 is 2.03 bits per heavy atom. The molecule has 4 rings (SSSR count). The third-order valence-corrected chi connectivity index (χ3v) is 4.23. The quantitative estimate of drug-likeness (QED) is 0.254. The van der Waals surface area contributed by atoms with Crippen LogP contribution in [0.15, 0.2) is 75.9 Å². The fourth-order valence-electron chi connectivity index (χ4n) is 2.89. The van der Waals surface area contributed by atoms with Gasteiger partial charge in [-0.2, -0.15) is 15.5 Å². The zero-order chi connectivity index (χ0) is 20.9. The Labute approximate surface area is 172 Å². The molecule has 0 aliphatic heterocycles. The summed E-state index contributed by atoms with van der Waals surface area (Å²) in [4.78, 5) is 4.22. The van der Waals surface area contributed by atoms with Crippen LogP contribution in [0.2, 0.25) is 0 Å². The highest BCUT2D eigenvalue weighted by atomic mass is 15.3. The van der Waals surface area contributed by atoms with E-state index < -0.39 is 0 Å². The highest BCUT2D eigenvalue weighted by Crippen LogP contribution is 2.38. The molecule has 9 heteroatoms. The number of amidine groups is 1. The number of hydrogen-bond acceptors (Lipinski definition) is 6. The molecule has 2 heterocycles. The van der Waals surface area contributed by atoms with Crippen molar-refractivity contribution in [3.8, 4) is 28.6 Å². The zero-order valence-electron chi connectivity index (χ0n) is 16.0. The normalized spacial score (nSPS) is 11.7. The second kappa shape index (κ2) is 8.20. The third kappa shape index (κ3) is 3.70. The lowest BCUT2D eigenvalue weighted by atomic mass is 10.1. The number of nitriles is 1. The van der Waals surface area contributed by atoms with Crippen LogP contribution in [0.1, 0.15) is 12.5 Å². The molecule has 0 fully saturated rings. The molecular weight excluding hydrogens is 378 g/mol. The maximum absolute atomic E-state index is 9.64. The largest absolute Gasteiger partial charge is 0.387 e. The van der Waals surface area contributed by atoms with Gasteiger partial charge in [-0.25, -0.2) is 4.99 Å². The fourth-order valence-corrected chi connectivity index (χ4v) is 2.89. The fraction of sp³-hybridized carbons (Fsp3) is 0.0476. The van der Waals surface area contributed by atoms with E-state index in [1.807, 2.05) is 60.7 Å². The Kier molecular flexibility index (Phi) is 5.13. The number of aromatic amines is 2. The van der Waals surface area contributed by atoms with Crippen molar-refractivity contribution < 1.29 is 0 Å². The van der Waals surface area contributed by atoms with E-state index in [9.17, 15) is 5.26 Å². The topological polar surface area (TPSA) is 144 Å². The molecule has 0 spiro atoms. The van der Waals surface area contributed by atoms with Crippen LogP contribution in [0.25, 0.3) is 22.5 Å². The summed E-state index contributed by atoms with van der Waals surface area (Å²) in [6.45, 7) is 1.66. The predicted octanol–water partition coefficient (Wildman–Crippen LogP) is 4.76. The molecule has 0 aliphatic rings. The van der Waals surface area contributed by atoms with Gasteiger partial charge in [0.2, 0.25) is 11.6 Å². The molecule has 4 N–H and O–H groups in total. The van der Waals surface area contributed by atoms with Gasteiger partial charge in [0, 0.05) is 11.1 Å². The molecule has 4 aromatic rings. The maximum atomic E-state index is 9.64. The van der Waals surface area contributed by atoms with Gasteiger partial charge < -0.3 is 5.73 Å². The average Bonchev–Trinajstić information content (AvgIpc) is 3.36. The van der Waals surface area contributed by atoms with Crippen LogP contribution in [0.5, 0.6) is 0 Å². The molecule has 0 radical (unpaired) electrons. The van der Waals surface area contributed by atoms with Crippen LogP contribution < -0.4 is 5.73 Å². The SMILES string of the molecule is CC(N)=Nc1n[nH]c(-c2ccccc2)c1N=Nc1n[nH]c(-c2ccccc2)c1C#N. The van der Waals surface area contributed by atoms with Crippen molar-refractivity contribution in [1.82, 2.24) is 20.4 Å². The highest BCUT2D eigenvalue weighted by molar-refractivity contribution is 5.85. The van der Waals surface area contributed by atoms with Crippen molar-refractivity contribution in [2.24, 2.45) is 21.0 Å². The van der Waals surface area contributed by atoms with Gasteiger partial charge in [0.25, 0.3) is 0 Å². The van der Waals surface area contributed by atoms with E-state index in [-0.39, 0.29) is 5.82 Å². The molecule has 0 saturated carbocycles. The summed E-state index contributed by atoms with van der Waals surface area (Å²) < 4.78 is 0. The molecule has 30 heavy (non-hydrogen) atoms. The Balaban J connectivity index is 1.78. The first-order valence-corrected chi connectivity index (χ1v) is 9.07. The lowest BCUT2D eigenvalue weighted by molar-refractivity contribution is 1.06. The number of benzene rings is 2. The summed E-state index contributed by atoms with van der Waals surface area (Å²) >= 11 is 0. The predicted molar refractivity (Wildman–Crippen MR) is 114 cm³/mol. The summed E-state index contributed by atoms with van der Waals surface area (Å²) in [5.41, 5.74) is 9.34. The number of aliphatic imine (C=N–C) groups is 1. The van der Waals surface area contributed by atoms with Gasteiger partial charge in [-0.15, -0.1) is 10.2 Å². The van der Waals surface area contributed by atoms with Gasteiger partial charge in [-0.3, -0.25) is 10.2 Å². The third-order valence-electron chi connectivity index (χ3n) is 4.23. The van der Waals surface area contributed by atoms with Crippen LogP contribution in [-0.2, 0) is 0 Å². The highest BCUT2D eigenvalue weighted by Gasteiger charge is 2.17. The molecule has 0 saturated heterocycles. The first kappa shape index (κ1) is 18.8. The minimum absolute atomic E-state index is 0.177. The second-order valence-corrected chi connectivity index (χ2v) is 6.37. The average molecular weight is 395 g/mol. The number of nitrogens with one attached hydrogen (secondary N) is 2. The van der Waals surface area contributed by atoms with E-state index in [4.69, 9.17) is 5.73 Å². The molecule has 2 aromatic heterocycles. The molecule has 0 atom stereocenters. The number of aromatic nitrogens is 4. The van der Waals surface area contributed by atoms with Crippen LogP contribution in [0.4, 0.5) is 17.3 Å². The van der Waals surface area contributed by atoms with Gasteiger partial charge in [0.15, 0.2) is 5.69 Å². The van der Waals surface area contributed by atoms with E-state index in [0.717, 1.165) is 11.1 Å². The summed E-state index contributed by atoms with van der Waals surface area (Å²) in [6, 6.07) is 21.1. The van der Waals surface area contributed by atoms with Crippen LogP contribution in [0, 0.1) is 11.3 Å². The van der Waals surface area contributed by atoms with Crippen molar-refractivity contribution >= 4 is 23.2 Å². The summed E-state index contributed by atoms with van der Waals surface area (Å²) in [6.07, 6.45) is 0. The zero-order valence-corrected chi connectivity index (χ0v) is 16.0. The first-order valence-electron chi connectivity index (χ1n) is 9.07. The number of H-pyrrole nitrogens is 2. The standard InChI is InChI=1S/C21H17N9/c1-13(23)24-21-19(18(26-30-21)15-10-6-3-7-11-15)27-29-20-16(12-22)17(25-28-20)14-8-4-2-5-9-14/h2-11H,1H3,(H,25,28)(H3,23,24,26,30). The number of rotatable bonds is 5. The van der Waals surface area contributed by atoms with E-state index in [1.54, 1.807) is 6.92 Å². The van der Waals surface area contributed by atoms with Gasteiger partial charge in [-0.1, -0.05) is 60.7 Å².